The molecule has 1 aliphatic rings. The predicted molar refractivity (Wildman–Crippen MR) is 90.4 cm³/mol. The lowest BCUT2D eigenvalue weighted by Crippen LogP contribution is -2.26. The first kappa shape index (κ1) is 16.4. The number of likely N-dealkylation sites (tertiary alicyclic amines) is 1. The molecule has 1 aliphatic heterocycles. The van der Waals surface area contributed by atoms with Gasteiger partial charge in [-0.15, -0.1) is 0 Å². The Morgan fingerprint density at radius 3 is 2.96 bits per heavy atom. The summed E-state index contributed by atoms with van der Waals surface area (Å²) in [6, 6.07) is 3.94. The van der Waals surface area contributed by atoms with Gasteiger partial charge in [-0.1, -0.05) is 6.92 Å². The van der Waals surface area contributed by atoms with E-state index in [4.69, 9.17) is 5.10 Å². The Kier molecular flexibility index (Phi) is 4.78. The summed E-state index contributed by atoms with van der Waals surface area (Å²) in [5.74, 6) is 0.390. The smallest absolute Gasteiger partial charge is 0.219 e. The first-order valence-corrected chi connectivity index (χ1v) is 8.43. The van der Waals surface area contributed by atoms with Crippen LogP contribution in [0.2, 0.25) is 0 Å². The number of carbonyl (C=O) groups is 2. The van der Waals surface area contributed by atoms with E-state index in [1.165, 1.54) is 0 Å². The molecule has 0 spiro atoms. The molecule has 1 saturated heterocycles. The molecule has 1 atom stereocenters. The number of rotatable bonds is 5. The number of carbonyl (C=O) groups excluding carboxylic acids is 2. The van der Waals surface area contributed by atoms with E-state index >= 15 is 0 Å². The lowest BCUT2D eigenvalue weighted by atomic mass is 10.0. The third kappa shape index (κ3) is 3.25. The van der Waals surface area contributed by atoms with Gasteiger partial charge >= 0.3 is 0 Å². The van der Waals surface area contributed by atoms with Crippen molar-refractivity contribution in [3.63, 3.8) is 0 Å². The molecule has 0 saturated carbocycles. The number of nitrogens with one attached hydrogen (secondary N) is 1. The van der Waals surface area contributed by atoms with Crippen LogP contribution in [0.25, 0.3) is 11.0 Å². The van der Waals surface area contributed by atoms with Crippen molar-refractivity contribution >= 4 is 22.8 Å². The molecule has 0 radical (unpaired) electrons. The van der Waals surface area contributed by atoms with Crippen LogP contribution in [0, 0.1) is 0 Å². The maximum atomic E-state index is 11.6. The van der Waals surface area contributed by atoms with Crippen molar-refractivity contribution in [3.05, 3.63) is 24.0 Å². The van der Waals surface area contributed by atoms with E-state index in [-0.39, 0.29) is 17.7 Å². The molecule has 2 aromatic heterocycles. The van der Waals surface area contributed by atoms with E-state index in [1.54, 1.807) is 13.1 Å². The molecule has 0 aliphatic carbocycles. The number of aromatic nitrogens is 3. The molecule has 1 N–H and O–H groups in total. The lowest BCUT2D eigenvalue weighted by molar-refractivity contribution is -0.127. The van der Waals surface area contributed by atoms with Crippen LogP contribution in [-0.2, 0) is 16.1 Å². The summed E-state index contributed by atoms with van der Waals surface area (Å²) < 4.78 is 1.86. The highest BCUT2D eigenvalue weighted by Gasteiger charge is 2.29. The molecule has 1 fully saturated rings. The largest absolute Gasteiger partial charge is 0.354 e. The molecule has 2 amide bonds. The Bertz CT molecular complexity index is 755. The van der Waals surface area contributed by atoms with Crippen molar-refractivity contribution < 1.29 is 9.59 Å². The third-order valence-electron chi connectivity index (χ3n) is 4.52. The molecule has 0 bridgehead atoms. The van der Waals surface area contributed by atoms with E-state index in [1.807, 2.05) is 28.6 Å². The predicted octanol–water partition coefficient (Wildman–Crippen LogP) is 1.29. The molecule has 2 aromatic rings. The van der Waals surface area contributed by atoms with Gasteiger partial charge in [0.2, 0.25) is 11.8 Å². The SMILES string of the molecule is CCC(=O)NCCn1nc([C@H]2CCN(C(C)=O)C2)c2cccnc21. The van der Waals surface area contributed by atoms with Gasteiger partial charge in [-0.05, 0) is 18.6 Å². The van der Waals surface area contributed by atoms with Crippen LogP contribution < -0.4 is 5.32 Å². The third-order valence-corrected chi connectivity index (χ3v) is 4.52. The van der Waals surface area contributed by atoms with Gasteiger partial charge in [0, 0.05) is 50.5 Å². The molecule has 3 rings (SSSR count). The monoisotopic (exact) mass is 329 g/mol. The molecule has 7 nitrogen and oxygen atoms in total. The van der Waals surface area contributed by atoms with Gasteiger partial charge in [0.1, 0.15) is 0 Å². The summed E-state index contributed by atoms with van der Waals surface area (Å²) in [7, 11) is 0. The van der Waals surface area contributed by atoms with Crippen LogP contribution in [0.15, 0.2) is 18.3 Å². The normalized spacial score (nSPS) is 17.4. The van der Waals surface area contributed by atoms with Crippen LogP contribution in [0.5, 0.6) is 0 Å². The second kappa shape index (κ2) is 6.98. The highest BCUT2D eigenvalue weighted by atomic mass is 16.2. The van der Waals surface area contributed by atoms with Crippen LogP contribution in [0.3, 0.4) is 0 Å². The maximum absolute atomic E-state index is 11.6. The zero-order valence-electron chi connectivity index (χ0n) is 14.2. The minimum Gasteiger partial charge on any atom is -0.354 e. The minimum atomic E-state index is 0.0348. The minimum absolute atomic E-state index is 0.0348. The Hall–Kier alpha value is -2.44. The van der Waals surface area contributed by atoms with Gasteiger partial charge in [-0.3, -0.25) is 9.59 Å². The van der Waals surface area contributed by atoms with Crippen LogP contribution in [0.4, 0.5) is 0 Å². The standard InChI is InChI=1S/C17H23N5O2/c1-3-15(24)18-8-10-22-17-14(5-4-7-19-17)16(20-22)13-6-9-21(11-13)12(2)23/h4-5,7,13H,3,6,8-11H2,1-2H3,(H,18,24)/t13-/m0/s1. The van der Waals surface area contributed by atoms with Crippen LogP contribution >= 0.6 is 0 Å². The van der Waals surface area contributed by atoms with Crippen LogP contribution in [-0.4, -0.2) is 51.1 Å². The Morgan fingerprint density at radius 2 is 2.25 bits per heavy atom. The molecule has 0 unspecified atom stereocenters. The highest BCUT2D eigenvalue weighted by Crippen LogP contribution is 2.31. The number of hydrogen-bond donors (Lipinski definition) is 1. The summed E-state index contributed by atoms with van der Waals surface area (Å²) in [5, 5.41) is 8.66. The fraction of sp³-hybridized carbons (Fsp3) is 0.529. The second-order valence-corrected chi connectivity index (χ2v) is 6.14. The number of fused-ring (bicyclic) bond motifs is 1. The Morgan fingerprint density at radius 1 is 1.42 bits per heavy atom. The number of nitrogens with zero attached hydrogens (tertiary/aromatic N) is 4. The van der Waals surface area contributed by atoms with Gasteiger partial charge in [0.05, 0.1) is 12.2 Å². The fourth-order valence-corrected chi connectivity index (χ4v) is 3.19. The van der Waals surface area contributed by atoms with Crippen molar-refractivity contribution in [3.8, 4) is 0 Å². The van der Waals surface area contributed by atoms with E-state index in [0.29, 0.717) is 26.1 Å². The summed E-state index contributed by atoms with van der Waals surface area (Å²) in [6.45, 7) is 6.05. The van der Waals surface area contributed by atoms with Crippen LogP contribution in [0.1, 0.15) is 38.3 Å². The molecule has 7 heteroatoms. The highest BCUT2D eigenvalue weighted by molar-refractivity contribution is 5.79. The van der Waals surface area contributed by atoms with E-state index in [0.717, 1.165) is 29.7 Å². The molecular formula is C17H23N5O2. The first-order valence-electron chi connectivity index (χ1n) is 8.43. The van der Waals surface area contributed by atoms with Gasteiger partial charge in [0.25, 0.3) is 0 Å². The van der Waals surface area contributed by atoms with Crippen molar-refractivity contribution in [1.82, 2.24) is 25.0 Å². The summed E-state index contributed by atoms with van der Waals surface area (Å²) in [6.07, 6.45) is 3.16. The van der Waals surface area contributed by atoms with E-state index in [2.05, 4.69) is 10.3 Å². The summed E-state index contributed by atoms with van der Waals surface area (Å²) in [4.78, 5) is 29.3. The lowest BCUT2D eigenvalue weighted by Gasteiger charge is -2.12. The zero-order chi connectivity index (χ0) is 17.1. The molecule has 3 heterocycles. The second-order valence-electron chi connectivity index (χ2n) is 6.14. The van der Waals surface area contributed by atoms with Gasteiger partial charge in [-0.2, -0.15) is 5.10 Å². The van der Waals surface area contributed by atoms with E-state index in [9.17, 15) is 9.59 Å². The zero-order valence-corrected chi connectivity index (χ0v) is 14.2. The average molecular weight is 329 g/mol. The number of hydrogen-bond acceptors (Lipinski definition) is 4. The molecule has 0 aromatic carbocycles. The average Bonchev–Trinajstić information content (AvgIpc) is 3.20. The topological polar surface area (TPSA) is 80.1 Å². The van der Waals surface area contributed by atoms with Gasteiger partial charge in [-0.25, -0.2) is 9.67 Å². The first-order chi connectivity index (χ1) is 11.6. The van der Waals surface area contributed by atoms with Crippen molar-refractivity contribution in [2.45, 2.75) is 39.2 Å². The Balaban J connectivity index is 1.81. The van der Waals surface area contributed by atoms with Crippen molar-refractivity contribution in [1.29, 1.82) is 0 Å². The summed E-state index contributed by atoms with van der Waals surface area (Å²) in [5.41, 5.74) is 1.84. The van der Waals surface area contributed by atoms with Crippen molar-refractivity contribution in [2.75, 3.05) is 19.6 Å². The molecule has 24 heavy (non-hydrogen) atoms. The Labute approximate surface area is 141 Å². The number of amides is 2. The molecule has 128 valence electrons. The maximum Gasteiger partial charge on any atom is 0.219 e. The van der Waals surface area contributed by atoms with Crippen molar-refractivity contribution in [2.24, 2.45) is 0 Å². The molecular weight excluding hydrogens is 306 g/mol. The summed E-state index contributed by atoms with van der Waals surface area (Å²) >= 11 is 0. The fourth-order valence-electron chi connectivity index (χ4n) is 3.19. The number of pyridine rings is 1. The van der Waals surface area contributed by atoms with E-state index < -0.39 is 0 Å². The van der Waals surface area contributed by atoms with Gasteiger partial charge in [0.15, 0.2) is 5.65 Å². The van der Waals surface area contributed by atoms with Gasteiger partial charge < -0.3 is 10.2 Å². The quantitative estimate of drug-likeness (QED) is 0.896.